The SMILES string of the molecule is Nc1ncccc1C(=O)NCc1ccc(Oc2cccc(OC(F)(F)F)c2)cc1. The number of benzene rings is 2. The third-order valence-electron chi connectivity index (χ3n) is 3.73. The highest BCUT2D eigenvalue weighted by Gasteiger charge is 2.31. The molecule has 1 aromatic heterocycles. The fourth-order valence-electron chi connectivity index (χ4n) is 2.43. The third kappa shape index (κ3) is 5.86. The lowest BCUT2D eigenvalue weighted by Crippen LogP contribution is -2.24. The lowest BCUT2D eigenvalue weighted by atomic mass is 10.2. The van der Waals surface area contributed by atoms with Crippen LogP contribution in [0.25, 0.3) is 0 Å². The van der Waals surface area contributed by atoms with E-state index < -0.39 is 6.36 Å². The summed E-state index contributed by atoms with van der Waals surface area (Å²) in [6, 6.07) is 15.1. The van der Waals surface area contributed by atoms with Gasteiger partial charge in [-0.25, -0.2) is 4.98 Å². The molecule has 0 bridgehead atoms. The maximum absolute atomic E-state index is 12.3. The Balaban J connectivity index is 1.59. The van der Waals surface area contributed by atoms with Crippen LogP contribution in [0.2, 0.25) is 0 Å². The van der Waals surface area contributed by atoms with Crippen LogP contribution >= 0.6 is 0 Å². The van der Waals surface area contributed by atoms with E-state index in [0.29, 0.717) is 5.75 Å². The molecule has 9 heteroatoms. The summed E-state index contributed by atoms with van der Waals surface area (Å²) in [5.41, 5.74) is 6.75. The summed E-state index contributed by atoms with van der Waals surface area (Å²) < 4.78 is 46.3. The fourth-order valence-corrected chi connectivity index (χ4v) is 2.43. The van der Waals surface area contributed by atoms with Gasteiger partial charge < -0.3 is 20.5 Å². The molecular weight excluding hydrogens is 387 g/mol. The number of nitrogens with one attached hydrogen (secondary N) is 1. The van der Waals surface area contributed by atoms with Crippen LogP contribution in [0, 0.1) is 0 Å². The molecule has 29 heavy (non-hydrogen) atoms. The van der Waals surface area contributed by atoms with Crippen LogP contribution in [0.4, 0.5) is 19.0 Å². The van der Waals surface area contributed by atoms with E-state index in [1.807, 2.05) is 0 Å². The molecule has 0 atom stereocenters. The third-order valence-corrected chi connectivity index (χ3v) is 3.73. The lowest BCUT2D eigenvalue weighted by Gasteiger charge is -2.11. The molecule has 2 aromatic carbocycles. The van der Waals surface area contributed by atoms with Gasteiger partial charge in [-0.1, -0.05) is 18.2 Å². The first-order valence-corrected chi connectivity index (χ1v) is 8.41. The molecule has 3 rings (SSSR count). The van der Waals surface area contributed by atoms with Crippen molar-refractivity contribution in [1.82, 2.24) is 10.3 Å². The number of nitrogens with zero attached hydrogens (tertiary/aromatic N) is 1. The Morgan fingerprint density at radius 1 is 1.00 bits per heavy atom. The maximum Gasteiger partial charge on any atom is 0.573 e. The van der Waals surface area contributed by atoms with Crippen LogP contribution in [-0.4, -0.2) is 17.3 Å². The van der Waals surface area contributed by atoms with Gasteiger partial charge >= 0.3 is 6.36 Å². The van der Waals surface area contributed by atoms with Gasteiger partial charge in [0.25, 0.3) is 5.91 Å². The zero-order valence-electron chi connectivity index (χ0n) is 14.9. The lowest BCUT2D eigenvalue weighted by molar-refractivity contribution is -0.274. The Bertz CT molecular complexity index is 992. The van der Waals surface area contributed by atoms with Gasteiger partial charge in [0.05, 0.1) is 5.56 Å². The van der Waals surface area contributed by atoms with Crippen LogP contribution in [0.15, 0.2) is 66.9 Å². The highest BCUT2D eigenvalue weighted by atomic mass is 19.4. The molecule has 6 nitrogen and oxygen atoms in total. The Morgan fingerprint density at radius 3 is 2.41 bits per heavy atom. The molecule has 0 spiro atoms. The smallest absolute Gasteiger partial charge is 0.457 e. The van der Waals surface area contributed by atoms with Gasteiger partial charge in [0.15, 0.2) is 0 Å². The van der Waals surface area contributed by atoms with Crippen LogP contribution in [-0.2, 0) is 6.54 Å². The Morgan fingerprint density at radius 2 is 1.72 bits per heavy atom. The molecule has 1 heterocycles. The van der Waals surface area contributed by atoms with Gasteiger partial charge in [-0.3, -0.25) is 4.79 Å². The summed E-state index contributed by atoms with van der Waals surface area (Å²) >= 11 is 0. The maximum atomic E-state index is 12.3. The number of hydrogen-bond donors (Lipinski definition) is 2. The number of amides is 1. The van der Waals surface area contributed by atoms with E-state index in [0.717, 1.165) is 11.6 Å². The second-order valence-corrected chi connectivity index (χ2v) is 5.89. The Hall–Kier alpha value is -3.75. The molecule has 3 N–H and O–H groups in total. The standard InChI is InChI=1S/C20H16F3N3O3/c21-20(22,23)29-16-4-1-3-15(11-16)28-14-8-6-13(7-9-14)12-26-19(27)17-5-2-10-25-18(17)24/h1-11H,12H2,(H2,24,25)(H,26,27). The van der Waals surface area contributed by atoms with Gasteiger partial charge in [-0.15, -0.1) is 13.2 Å². The number of rotatable bonds is 6. The first kappa shape index (κ1) is 20.0. The topological polar surface area (TPSA) is 86.5 Å². The number of carbonyl (C=O) groups is 1. The minimum Gasteiger partial charge on any atom is -0.457 e. The normalized spacial score (nSPS) is 11.0. The average molecular weight is 403 g/mol. The number of carbonyl (C=O) groups excluding carboxylic acids is 1. The molecule has 0 saturated heterocycles. The van der Waals surface area contributed by atoms with Gasteiger partial charge in [-0.05, 0) is 42.0 Å². The van der Waals surface area contributed by atoms with Crippen LogP contribution in [0.5, 0.6) is 17.2 Å². The number of ether oxygens (including phenoxy) is 2. The summed E-state index contributed by atoms with van der Waals surface area (Å²) in [6.07, 6.45) is -3.28. The van der Waals surface area contributed by atoms with Gasteiger partial charge in [0.2, 0.25) is 0 Å². The van der Waals surface area contributed by atoms with E-state index in [-0.39, 0.29) is 35.3 Å². The van der Waals surface area contributed by atoms with Crippen molar-refractivity contribution >= 4 is 11.7 Å². The monoisotopic (exact) mass is 403 g/mol. The number of anilines is 1. The summed E-state index contributed by atoms with van der Waals surface area (Å²) in [7, 11) is 0. The molecule has 0 saturated carbocycles. The average Bonchev–Trinajstić information content (AvgIpc) is 2.66. The van der Waals surface area contributed by atoms with E-state index in [4.69, 9.17) is 10.5 Å². The van der Waals surface area contributed by atoms with E-state index in [2.05, 4.69) is 15.0 Å². The van der Waals surface area contributed by atoms with Gasteiger partial charge in [0.1, 0.15) is 23.1 Å². The molecule has 0 unspecified atom stereocenters. The molecule has 0 fully saturated rings. The van der Waals surface area contributed by atoms with E-state index in [9.17, 15) is 18.0 Å². The summed E-state index contributed by atoms with van der Waals surface area (Å²) in [5, 5.41) is 2.73. The minimum atomic E-state index is -4.77. The summed E-state index contributed by atoms with van der Waals surface area (Å²) in [6.45, 7) is 0.252. The molecule has 0 aliphatic carbocycles. The number of hydrogen-bond acceptors (Lipinski definition) is 5. The van der Waals surface area contributed by atoms with Crippen molar-refractivity contribution < 1.29 is 27.4 Å². The molecule has 0 aliphatic rings. The predicted molar refractivity (Wildman–Crippen MR) is 99.5 cm³/mol. The zero-order valence-corrected chi connectivity index (χ0v) is 14.9. The van der Waals surface area contributed by atoms with E-state index in [1.165, 1.54) is 24.4 Å². The van der Waals surface area contributed by atoms with Crippen molar-refractivity contribution in [2.24, 2.45) is 0 Å². The second-order valence-electron chi connectivity index (χ2n) is 5.89. The molecule has 0 aliphatic heterocycles. The Kier molecular flexibility index (Phi) is 5.87. The largest absolute Gasteiger partial charge is 0.573 e. The number of pyridine rings is 1. The van der Waals surface area contributed by atoms with Crippen molar-refractivity contribution in [2.45, 2.75) is 12.9 Å². The molecular formula is C20H16F3N3O3. The predicted octanol–water partition coefficient (Wildman–Crippen LogP) is 4.28. The second kappa shape index (κ2) is 8.51. The van der Waals surface area contributed by atoms with Crippen molar-refractivity contribution in [3.63, 3.8) is 0 Å². The van der Waals surface area contributed by atoms with Crippen molar-refractivity contribution in [3.8, 4) is 17.2 Å². The van der Waals surface area contributed by atoms with Crippen LogP contribution in [0.1, 0.15) is 15.9 Å². The molecule has 0 radical (unpaired) electrons. The number of nitrogens with two attached hydrogens (primary N) is 1. The number of alkyl halides is 3. The first-order valence-electron chi connectivity index (χ1n) is 8.41. The fraction of sp³-hybridized carbons (Fsp3) is 0.100. The number of halogens is 3. The first-order chi connectivity index (χ1) is 13.8. The molecule has 3 aromatic rings. The minimum absolute atomic E-state index is 0.144. The Labute approximate surface area is 164 Å². The van der Waals surface area contributed by atoms with Gasteiger partial charge in [-0.2, -0.15) is 0 Å². The summed E-state index contributed by atoms with van der Waals surface area (Å²) in [5.74, 6) is 0.0347. The van der Waals surface area contributed by atoms with Gasteiger partial charge in [0, 0.05) is 18.8 Å². The summed E-state index contributed by atoms with van der Waals surface area (Å²) in [4.78, 5) is 16.0. The highest BCUT2D eigenvalue weighted by Crippen LogP contribution is 2.29. The molecule has 1 amide bonds. The van der Waals surface area contributed by atoms with Crippen molar-refractivity contribution in [2.75, 3.05) is 5.73 Å². The number of nitrogen functional groups attached to an aromatic ring is 1. The van der Waals surface area contributed by atoms with Crippen molar-refractivity contribution in [3.05, 3.63) is 78.0 Å². The number of aromatic nitrogens is 1. The van der Waals surface area contributed by atoms with Crippen LogP contribution < -0.4 is 20.5 Å². The quantitative estimate of drug-likeness (QED) is 0.641. The zero-order chi connectivity index (χ0) is 20.9. The van der Waals surface area contributed by atoms with Crippen LogP contribution in [0.3, 0.4) is 0 Å². The van der Waals surface area contributed by atoms with Crippen molar-refractivity contribution in [1.29, 1.82) is 0 Å². The van der Waals surface area contributed by atoms with E-state index >= 15 is 0 Å². The highest BCUT2D eigenvalue weighted by molar-refractivity contribution is 5.98. The molecule has 150 valence electrons. The van der Waals surface area contributed by atoms with E-state index in [1.54, 1.807) is 36.4 Å².